The van der Waals surface area contributed by atoms with Crippen LogP contribution >= 0.6 is 0 Å². The summed E-state index contributed by atoms with van der Waals surface area (Å²) in [6.45, 7) is 2.03. The lowest BCUT2D eigenvalue weighted by Gasteiger charge is -2.09. The first-order chi connectivity index (χ1) is 11.3. The van der Waals surface area contributed by atoms with Crippen molar-refractivity contribution in [3.8, 4) is 5.75 Å². The van der Waals surface area contributed by atoms with Crippen molar-refractivity contribution in [1.82, 2.24) is 0 Å². The van der Waals surface area contributed by atoms with Crippen LogP contribution in [0.2, 0.25) is 0 Å². The topological polar surface area (TPSA) is 95.4 Å². The highest BCUT2D eigenvalue weighted by molar-refractivity contribution is 7.92. The fourth-order valence-electron chi connectivity index (χ4n) is 3.30. The minimum atomic E-state index is -3.55. The van der Waals surface area contributed by atoms with Crippen LogP contribution in [0.15, 0.2) is 53.4 Å². The predicted molar refractivity (Wildman–Crippen MR) is 93.9 cm³/mol. The maximum absolute atomic E-state index is 13.0. The Bertz CT molecular complexity index is 832. The minimum absolute atomic E-state index is 0.111. The van der Waals surface area contributed by atoms with Gasteiger partial charge in [0, 0.05) is 12.5 Å². The van der Waals surface area contributed by atoms with E-state index in [1.807, 2.05) is 19.1 Å². The summed E-state index contributed by atoms with van der Waals surface area (Å²) in [6, 6.07) is 14.2. The Morgan fingerprint density at radius 3 is 2.17 bits per heavy atom. The number of hydrogen-bond acceptors (Lipinski definition) is 5. The molecule has 24 heavy (non-hydrogen) atoms. The van der Waals surface area contributed by atoms with Gasteiger partial charge in [-0.2, -0.15) is 0 Å². The van der Waals surface area contributed by atoms with Gasteiger partial charge in [-0.1, -0.05) is 29.8 Å². The molecule has 0 aliphatic heterocycles. The summed E-state index contributed by atoms with van der Waals surface area (Å²) in [7, 11) is -1.96. The molecule has 3 atom stereocenters. The molecule has 0 radical (unpaired) electrons. The van der Waals surface area contributed by atoms with Crippen LogP contribution in [0.25, 0.3) is 0 Å². The van der Waals surface area contributed by atoms with Gasteiger partial charge in [0.05, 0.1) is 22.8 Å². The van der Waals surface area contributed by atoms with E-state index in [9.17, 15) is 8.42 Å². The first-order valence-electron chi connectivity index (χ1n) is 7.78. The van der Waals surface area contributed by atoms with Crippen molar-refractivity contribution in [2.45, 2.75) is 28.5 Å². The van der Waals surface area contributed by atoms with Gasteiger partial charge in [-0.3, -0.25) is 0 Å². The molecule has 0 spiro atoms. The highest BCUT2D eigenvalue weighted by Crippen LogP contribution is 2.55. The lowest BCUT2D eigenvalue weighted by molar-refractivity contribution is 0.414. The van der Waals surface area contributed by atoms with E-state index in [0.29, 0.717) is 5.75 Å². The zero-order valence-corrected chi connectivity index (χ0v) is 14.6. The van der Waals surface area contributed by atoms with Crippen molar-refractivity contribution in [3.63, 3.8) is 0 Å². The van der Waals surface area contributed by atoms with Crippen LogP contribution in [0.5, 0.6) is 5.75 Å². The van der Waals surface area contributed by atoms with Crippen LogP contribution in [-0.2, 0) is 9.84 Å². The molecular formula is C18H22N2O3S. The van der Waals surface area contributed by atoms with E-state index in [-0.39, 0.29) is 17.4 Å². The third-order valence-corrected chi connectivity index (χ3v) is 7.12. The number of methoxy groups -OCH3 is 1. The van der Waals surface area contributed by atoms with E-state index in [1.165, 1.54) is 0 Å². The van der Waals surface area contributed by atoms with E-state index in [2.05, 4.69) is 0 Å². The number of rotatable bonds is 5. The normalized spacial score (nSPS) is 26.2. The zero-order valence-electron chi connectivity index (χ0n) is 13.8. The van der Waals surface area contributed by atoms with Crippen molar-refractivity contribution in [2.24, 2.45) is 11.5 Å². The van der Waals surface area contributed by atoms with Gasteiger partial charge >= 0.3 is 0 Å². The summed E-state index contributed by atoms with van der Waals surface area (Å²) in [5, 5.41) is -0.717. The monoisotopic (exact) mass is 346 g/mol. The zero-order chi connectivity index (χ0) is 17.5. The smallest absolute Gasteiger partial charge is 0.183 e. The molecule has 0 aromatic heterocycles. The largest absolute Gasteiger partial charge is 0.497 e. The van der Waals surface area contributed by atoms with E-state index < -0.39 is 20.6 Å². The Kier molecular flexibility index (Phi) is 4.15. The highest BCUT2D eigenvalue weighted by atomic mass is 32.2. The molecule has 4 N–H and O–H groups in total. The number of hydrogen-bond donors (Lipinski definition) is 2. The van der Waals surface area contributed by atoms with Crippen LogP contribution in [0.4, 0.5) is 0 Å². The molecule has 0 bridgehead atoms. The lowest BCUT2D eigenvalue weighted by Crippen LogP contribution is -2.39. The van der Waals surface area contributed by atoms with Crippen molar-refractivity contribution in [2.75, 3.05) is 13.7 Å². The predicted octanol–water partition coefficient (Wildman–Crippen LogP) is 1.60. The number of ether oxygens (including phenoxy) is 1. The van der Waals surface area contributed by atoms with E-state index in [0.717, 1.165) is 11.1 Å². The van der Waals surface area contributed by atoms with E-state index in [1.54, 1.807) is 43.5 Å². The molecule has 3 unspecified atom stereocenters. The van der Waals surface area contributed by atoms with Crippen molar-refractivity contribution in [1.29, 1.82) is 0 Å². The molecule has 5 nitrogen and oxygen atoms in total. The van der Waals surface area contributed by atoms with Crippen LogP contribution in [0.1, 0.15) is 17.0 Å². The molecule has 128 valence electrons. The molecule has 3 rings (SSSR count). The van der Waals surface area contributed by atoms with Crippen molar-refractivity contribution >= 4 is 9.84 Å². The van der Waals surface area contributed by atoms with Gasteiger partial charge in [0.25, 0.3) is 0 Å². The van der Waals surface area contributed by atoms with Crippen LogP contribution in [0, 0.1) is 6.92 Å². The maximum Gasteiger partial charge on any atom is 0.183 e. The average Bonchev–Trinajstić information content (AvgIpc) is 3.23. The molecular weight excluding hydrogens is 324 g/mol. The van der Waals surface area contributed by atoms with Crippen molar-refractivity contribution < 1.29 is 13.2 Å². The van der Waals surface area contributed by atoms with Gasteiger partial charge in [-0.25, -0.2) is 8.42 Å². The van der Waals surface area contributed by atoms with Gasteiger partial charge in [-0.15, -0.1) is 0 Å². The molecule has 0 saturated heterocycles. The number of benzene rings is 2. The van der Waals surface area contributed by atoms with Crippen molar-refractivity contribution in [3.05, 3.63) is 59.7 Å². The summed E-state index contributed by atoms with van der Waals surface area (Å²) in [6.07, 6.45) is 0. The third kappa shape index (κ3) is 2.60. The van der Waals surface area contributed by atoms with Gasteiger partial charge in [-0.05, 0) is 36.8 Å². The van der Waals surface area contributed by atoms with Gasteiger partial charge in [0.15, 0.2) is 9.84 Å². The molecule has 0 heterocycles. The van der Waals surface area contributed by atoms with Gasteiger partial charge in [0.1, 0.15) is 5.75 Å². The minimum Gasteiger partial charge on any atom is -0.497 e. The Morgan fingerprint density at radius 1 is 1.08 bits per heavy atom. The quantitative estimate of drug-likeness (QED) is 0.857. The average molecular weight is 346 g/mol. The lowest BCUT2D eigenvalue weighted by atomic mass is 10.1. The molecule has 1 aliphatic carbocycles. The molecule has 2 aromatic rings. The Labute approximate surface area is 142 Å². The van der Waals surface area contributed by atoms with Crippen LogP contribution < -0.4 is 16.2 Å². The first-order valence-corrected chi connectivity index (χ1v) is 9.32. The standard InChI is InChI=1S/C18H22N2O3S/c1-12-3-9-15(10-4-12)24(21,22)17-16(18(17,20)11-19)13-5-7-14(23-2)8-6-13/h3-10,16-17H,11,19-20H2,1-2H3. The Morgan fingerprint density at radius 2 is 1.67 bits per heavy atom. The van der Waals surface area contributed by atoms with Crippen LogP contribution in [0.3, 0.4) is 0 Å². The van der Waals surface area contributed by atoms with E-state index >= 15 is 0 Å². The molecule has 1 saturated carbocycles. The Balaban J connectivity index is 1.98. The summed E-state index contributed by atoms with van der Waals surface area (Å²) in [5.41, 5.74) is 13.1. The summed E-state index contributed by atoms with van der Waals surface area (Å²) in [4.78, 5) is 0.289. The second-order valence-corrected chi connectivity index (χ2v) is 8.42. The molecule has 0 amide bonds. The van der Waals surface area contributed by atoms with E-state index in [4.69, 9.17) is 16.2 Å². The molecule has 1 aliphatic rings. The molecule has 2 aromatic carbocycles. The third-order valence-electron chi connectivity index (χ3n) is 4.81. The summed E-state index contributed by atoms with van der Waals surface area (Å²) >= 11 is 0. The SMILES string of the molecule is COc1ccc(C2C(S(=O)(=O)c3ccc(C)cc3)C2(N)CN)cc1. The van der Waals surface area contributed by atoms with Gasteiger partial charge in [0.2, 0.25) is 0 Å². The summed E-state index contributed by atoms with van der Waals surface area (Å²) in [5.74, 6) is 0.396. The maximum atomic E-state index is 13.0. The summed E-state index contributed by atoms with van der Waals surface area (Å²) < 4.78 is 31.2. The number of sulfone groups is 1. The van der Waals surface area contributed by atoms with Crippen LogP contribution in [-0.4, -0.2) is 32.9 Å². The Hall–Kier alpha value is -1.89. The second-order valence-electron chi connectivity index (χ2n) is 6.35. The highest BCUT2D eigenvalue weighted by Gasteiger charge is 2.68. The fraction of sp³-hybridized carbons (Fsp3) is 0.333. The van der Waals surface area contributed by atoms with Gasteiger partial charge < -0.3 is 16.2 Å². The molecule has 6 heteroatoms. The first kappa shape index (κ1) is 17.0. The second kappa shape index (κ2) is 5.88. The number of aryl methyl sites for hydroxylation is 1. The fourth-order valence-corrected chi connectivity index (χ4v) is 5.62. The molecule has 1 fully saturated rings. The number of nitrogens with two attached hydrogens (primary N) is 2.